The monoisotopic (exact) mass is 248 g/mol. The third-order valence-corrected chi connectivity index (χ3v) is 2.46. The number of nitro groups is 1. The van der Waals surface area contributed by atoms with Gasteiger partial charge in [-0.1, -0.05) is 18.2 Å². The molecule has 0 aliphatic carbocycles. The van der Waals surface area contributed by atoms with Gasteiger partial charge in [-0.05, 0) is 6.92 Å². The summed E-state index contributed by atoms with van der Waals surface area (Å²) in [5, 5.41) is 10.8. The van der Waals surface area contributed by atoms with Crippen molar-refractivity contribution >= 4 is 5.69 Å². The molecule has 94 valence electrons. The van der Waals surface area contributed by atoms with E-state index >= 15 is 0 Å². The third kappa shape index (κ3) is 2.73. The Morgan fingerprint density at radius 3 is 2.47 bits per heavy atom. The molecule has 1 rings (SSSR count). The molecule has 17 heavy (non-hydrogen) atoms. The molecule has 0 heterocycles. The van der Waals surface area contributed by atoms with Gasteiger partial charge < -0.3 is 5.73 Å². The van der Waals surface area contributed by atoms with Gasteiger partial charge in [0.05, 0.1) is 10.8 Å². The van der Waals surface area contributed by atoms with Crippen LogP contribution in [0.1, 0.15) is 17.0 Å². The van der Waals surface area contributed by atoms with Crippen molar-refractivity contribution in [1.82, 2.24) is 0 Å². The summed E-state index contributed by atoms with van der Waals surface area (Å²) in [6, 6.07) is 3.84. The summed E-state index contributed by atoms with van der Waals surface area (Å²) in [5.41, 5.74) is 4.36. The van der Waals surface area contributed by atoms with Crippen LogP contribution in [0, 0.1) is 17.0 Å². The van der Waals surface area contributed by atoms with E-state index in [1.54, 1.807) is 0 Å². The zero-order valence-corrected chi connectivity index (χ0v) is 8.99. The number of hydrogen-bond acceptors (Lipinski definition) is 3. The Kier molecular flexibility index (Phi) is 3.72. The lowest BCUT2D eigenvalue weighted by molar-refractivity contribution is -0.386. The first-order valence-electron chi connectivity index (χ1n) is 4.79. The van der Waals surface area contributed by atoms with Crippen LogP contribution in [0.2, 0.25) is 0 Å². The van der Waals surface area contributed by atoms with Crippen molar-refractivity contribution in [3.8, 4) is 0 Å². The standard InChI is InChI=1S/C10H11F3N2O2/c1-6-3-2-4-7(9(6)15(16)17)8(5-14)10(11,12)13/h2-4,8H,5,14H2,1H3. The van der Waals surface area contributed by atoms with Crippen molar-refractivity contribution in [3.05, 3.63) is 39.4 Å². The minimum atomic E-state index is -4.59. The maximum Gasteiger partial charge on any atom is 0.397 e. The maximum atomic E-state index is 12.7. The van der Waals surface area contributed by atoms with E-state index in [-0.39, 0.29) is 11.1 Å². The number of nitrogens with zero attached hydrogens (tertiary/aromatic N) is 1. The van der Waals surface area contributed by atoms with Gasteiger partial charge in [0.1, 0.15) is 0 Å². The first kappa shape index (κ1) is 13.4. The molecule has 0 saturated carbocycles. The van der Waals surface area contributed by atoms with E-state index in [1.807, 2.05) is 0 Å². The smallest absolute Gasteiger partial charge is 0.330 e. The Balaban J connectivity index is 3.39. The lowest BCUT2D eigenvalue weighted by atomic mass is 9.95. The SMILES string of the molecule is Cc1cccc(C(CN)C(F)(F)F)c1[N+](=O)[O-]. The average molecular weight is 248 g/mol. The van der Waals surface area contributed by atoms with Gasteiger partial charge >= 0.3 is 6.18 Å². The van der Waals surface area contributed by atoms with Gasteiger partial charge in [-0.3, -0.25) is 10.1 Å². The normalized spacial score (nSPS) is 13.5. The van der Waals surface area contributed by atoms with Crippen molar-refractivity contribution in [2.45, 2.75) is 19.0 Å². The number of para-hydroxylation sites is 1. The predicted molar refractivity (Wildman–Crippen MR) is 55.7 cm³/mol. The predicted octanol–water partition coefficient (Wildman–Crippen LogP) is 2.51. The van der Waals surface area contributed by atoms with Gasteiger partial charge in [0.25, 0.3) is 5.69 Å². The Morgan fingerprint density at radius 2 is 2.06 bits per heavy atom. The van der Waals surface area contributed by atoms with Crippen LogP contribution in [-0.4, -0.2) is 17.6 Å². The number of hydrogen-bond donors (Lipinski definition) is 1. The number of alkyl halides is 3. The maximum absolute atomic E-state index is 12.7. The van der Waals surface area contributed by atoms with E-state index in [4.69, 9.17) is 5.73 Å². The van der Waals surface area contributed by atoms with E-state index in [9.17, 15) is 23.3 Å². The zero-order valence-electron chi connectivity index (χ0n) is 8.99. The highest BCUT2D eigenvalue weighted by Gasteiger charge is 2.43. The lowest BCUT2D eigenvalue weighted by Crippen LogP contribution is -2.28. The number of nitro benzene ring substituents is 1. The molecule has 0 fully saturated rings. The van der Waals surface area contributed by atoms with Crippen molar-refractivity contribution < 1.29 is 18.1 Å². The van der Waals surface area contributed by atoms with Gasteiger partial charge in [0, 0.05) is 17.7 Å². The van der Waals surface area contributed by atoms with Crippen LogP contribution in [0.3, 0.4) is 0 Å². The fourth-order valence-corrected chi connectivity index (χ4v) is 1.65. The molecule has 0 bridgehead atoms. The molecule has 0 spiro atoms. The molecule has 1 aromatic rings. The number of halogens is 3. The summed E-state index contributed by atoms with van der Waals surface area (Å²) in [5.74, 6) is -2.01. The van der Waals surface area contributed by atoms with Crippen LogP contribution in [-0.2, 0) is 0 Å². The quantitative estimate of drug-likeness (QED) is 0.660. The first-order valence-corrected chi connectivity index (χ1v) is 4.79. The van der Waals surface area contributed by atoms with E-state index in [0.29, 0.717) is 0 Å². The number of rotatable bonds is 3. The summed E-state index contributed by atoms with van der Waals surface area (Å²) < 4.78 is 38.0. The van der Waals surface area contributed by atoms with Gasteiger partial charge in [-0.25, -0.2) is 0 Å². The first-order chi connectivity index (χ1) is 7.79. The Morgan fingerprint density at radius 1 is 1.47 bits per heavy atom. The molecule has 1 aromatic carbocycles. The summed E-state index contributed by atoms with van der Waals surface area (Å²) in [7, 11) is 0. The van der Waals surface area contributed by atoms with Gasteiger partial charge in [-0.15, -0.1) is 0 Å². The molecule has 1 unspecified atom stereocenters. The second kappa shape index (κ2) is 4.70. The van der Waals surface area contributed by atoms with Gasteiger partial charge in [-0.2, -0.15) is 13.2 Å². The van der Waals surface area contributed by atoms with Crippen LogP contribution in [0.25, 0.3) is 0 Å². The summed E-state index contributed by atoms with van der Waals surface area (Å²) in [6.07, 6.45) is -4.59. The number of nitrogens with two attached hydrogens (primary N) is 1. The number of benzene rings is 1. The summed E-state index contributed by atoms with van der Waals surface area (Å²) >= 11 is 0. The Labute approximate surface area is 95.4 Å². The molecule has 4 nitrogen and oxygen atoms in total. The van der Waals surface area contributed by atoms with Crippen LogP contribution < -0.4 is 5.73 Å². The Bertz CT molecular complexity index is 432. The molecule has 0 radical (unpaired) electrons. The molecule has 0 amide bonds. The Hall–Kier alpha value is -1.63. The van der Waals surface area contributed by atoms with Gasteiger partial charge in [0.15, 0.2) is 0 Å². The van der Waals surface area contributed by atoms with E-state index in [1.165, 1.54) is 19.1 Å². The summed E-state index contributed by atoms with van der Waals surface area (Å²) in [6.45, 7) is 0.680. The molecule has 7 heteroatoms. The minimum absolute atomic E-state index is 0.190. The van der Waals surface area contributed by atoms with E-state index in [0.717, 1.165) is 6.07 Å². The second-order valence-corrected chi connectivity index (χ2v) is 3.60. The van der Waals surface area contributed by atoms with E-state index < -0.39 is 29.2 Å². The highest BCUT2D eigenvalue weighted by atomic mass is 19.4. The van der Waals surface area contributed by atoms with Crippen LogP contribution in [0.5, 0.6) is 0 Å². The van der Waals surface area contributed by atoms with E-state index in [2.05, 4.69) is 0 Å². The van der Waals surface area contributed by atoms with Crippen molar-refractivity contribution in [2.75, 3.05) is 6.54 Å². The topological polar surface area (TPSA) is 69.2 Å². The zero-order chi connectivity index (χ0) is 13.2. The van der Waals surface area contributed by atoms with Crippen molar-refractivity contribution in [2.24, 2.45) is 5.73 Å². The fourth-order valence-electron chi connectivity index (χ4n) is 1.65. The van der Waals surface area contributed by atoms with Gasteiger partial charge in [0.2, 0.25) is 0 Å². The molecule has 0 aromatic heterocycles. The molecule has 0 aliphatic heterocycles. The molecule has 1 atom stereocenters. The van der Waals surface area contributed by atoms with Crippen LogP contribution in [0.15, 0.2) is 18.2 Å². The summed E-state index contributed by atoms with van der Waals surface area (Å²) in [4.78, 5) is 9.98. The van der Waals surface area contributed by atoms with Crippen molar-refractivity contribution in [1.29, 1.82) is 0 Å². The molecular weight excluding hydrogens is 237 g/mol. The second-order valence-electron chi connectivity index (χ2n) is 3.60. The molecular formula is C10H11F3N2O2. The molecule has 0 aliphatic rings. The largest absolute Gasteiger partial charge is 0.397 e. The lowest BCUT2D eigenvalue weighted by Gasteiger charge is -2.19. The highest BCUT2D eigenvalue weighted by Crippen LogP contribution is 2.39. The van der Waals surface area contributed by atoms with Crippen LogP contribution >= 0.6 is 0 Å². The highest BCUT2D eigenvalue weighted by molar-refractivity contribution is 5.49. The molecule has 0 saturated heterocycles. The fraction of sp³-hybridized carbons (Fsp3) is 0.400. The number of aryl methyl sites for hydroxylation is 1. The van der Waals surface area contributed by atoms with Crippen molar-refractivity contribution in [3.63, 3.8) is 0 Å². The average Bonchev–Trinajstić information content (AvgIpc) is 2.15. The van der Waals surface area contributed by atoms with Crippen LogP contribution in [0.4, 0.5) is 18.9 Å². The third-order valence-electron chi connectivity index (χ3n) is 2.46. The molecule has 2 N–H and O–H groups in total. The minimum Gasteiger partial charge on any atom is -0.330 e.